The first kappa shape index (κ1) is 17.9. The maximum absolute atomic E-state index is 12.9. The van der Waals surface area contributed by atoms with Gasteiger partial charge in [-0.1, -0.05) is 6.08 Å². The molecule has 0 aliphatic heterocycles. The summed E-state index contributed by atoms with van der Waals surface area (Å²) in [5, 5.41) is 12.9. The summed E-state index contributed by atoms with van der Waals surface area (Å²) < 4.78 is 38.6. The minimum absolute atomic E-state index is 0.0216. The van der Waals surface area contributed by atoms with Gasteiger partial charge in [-0.25, -0.2) is 0 Å². The molecule has 0 fully saturated rings. The largest absolute Gasteiger partial charge is 0.418 e. The van der Waals surface area contributed by atoms with E-state index in [1.807, 2.05) is 20.8 Å². The standard InChI is InChI=1S/C13H21F3N2O/c1-6-9(10(7-17-5)13(14,15)16)11(19)8-18-12(2,3)4/h6-7,11,18-19H,5,8H2,1-4H3/b9-6+,10-7+/t11-/m0/s1. The fourth-order valence-electron chi connectivity index (χ4n) is 1.44. The molecule has 0 spiro atoms. The van der Waals surface area contributed by atoms with Crippen LogP contribution in [0.15, 0.2) is 28.4 Å². The van der Waals surface area contributed by atoms with Crippen molar-refractivity contribution in [2.75, 3.05) is 6.54 Å². The van der Waals surface area contributed by atoms with Crippen LogP contribution in [0, 0.1) is 0 Å². The van der Waals surface area contributed by atoms with Gasteiger partial charge >= 0.3 is 6.18 Å². The van der Waals surface area contributed by atoms with Crippen LogP contribution in [0.25, 0.3) is 0 Å². The van der Waals surface area contributed by atoms with Gasteiger partial charge in [-0.15, -0.1) is 0 Å². The Morgan fingerprint density at radius 1 is 1.37 bits per heavy atom. The van der Waals surface area contributed by atoms with Crippen molar-refractivity contribution in [1.82, 2.24) is 5.32 Å². The van der Waals surface area contributed by atoms with E-state index in [9.17, 15) is 18.3 Å². The Morgan fingerprint density at radius 2 is 1.89 bits per heavy atom. The highest BCUT2D eigenvalue weighted by Crippen LogP contribution is 2.32. The summed E-state index contributed by atoms with van der Waals surface area (Å²) in [5.41, 5.74) is -1.48. The summed E-state index contributed by atoms with van der Waals surface area (Å²) in [7, 11) is 0. The average molecular weight is 278 g/mol. The summed E-state index contributed by atoms with van der Waals surface area (Å²) in [4.78, 5) is 3.16. The van der Waals surface area contributed by atoms with Gasteiger partial charge in [0.1, 0.15) is 0 Å². The van der Waals surface area contributed by atoms with Gasteiger partial charge in [0.15, 0.2) is 0 Å². The lowest BCUT2D eigenvalue weighted by Gasteiger charge is -2.25. The molecule has 1 atom stereocenters. The first-order valence-corrected chi connectivity index (χ1v) is 5.85. The number of allylic oxidation sites excluding steroid dienone is 1. The zero-order valence-electron chi connectivity index (χ0n) is 11.7. The number of hydrogen-bond acceptors (Lipinski definition) is 3. The van der Waals surface area contributed by atoms with Crippen LogP contribution in [0.5, 0.6) is 0 Å². The van der Waals surface area contributed by atoms with Gasteiger partial charge < -0.3 is 10.4 Å². The van der Waals surface area contributed by atoms with Crippen LogP contribution in [0.2, 0.25) is 0 Å². The highest BCUT2D eigenvalue weighted by molar-refractivity contribution is 5.39. The number of aliphatic hydroxyl groups is 1. The van der Waals surface area contributed by atoms with Crippen molar-refractivity contribution < 1.29 is 18.3 Å². The number of aliphatic imine (C=N–C) groups is 1. The Bertz CT molecular complexity index is 365. The van der Waals surface area contributed by atoms with E-state index < -0.39 is 17.9 Å². The normalized spacial score (nSPS) is 16.4. The van der Waals surface area contributed by atoms with Crippen LogP contribution >= 0.6 is 0 Å². The van der Waals surface area contributed by atoms with Crippen LogP contribution < -0.4 is 5.32 Å². The van der Waals surface area contributed by atoms with Gasteiger partial charge in [0.2, 0.25) is 0 Å². The van der Waals surface area contributed by atoms with Gasteiger partial charge in [0.05, 0.1) is 11.7 Å². The third kappa shape index (κ3) is 6.54. The van der Waals surface area contributed by atoms with Gasteiger partial charge in [0, 0.05) is 18.3 Å². The summed E-state index contributed by atoms with van der Waals surface area (Å²) in [6.07, 6.45) is -3.99. The molecule has 19 heavy (non-hydrogen) atoms. The molecule has 0 heterocycles. The van der Waals surface area contributed by atoms with E-state index in [-0.39, 0.29) is 17.7 Å². The van der Waals surface area contributed by atoms with Crippen LogP contribution in [0.4, 0.5) is 13.2 Å². The van der Waals surface area contributed by atoms with E-state index in [4.69, 9.17) is 0 Å². The Morgan fingerprint density at radius 3 is 2.21 bits per heavy atom. The molecular weight excluding hydrogens is 257 g/mol. The van der Waals surface area contributed by atoms with Gasteiger partial charge in [-0.2, -0.15) is 13.2 Å². The number of β-amino-alcohol motifs (C(OH)–C–C–N with tert-alkyl or cyclic N) is 1. The summed E-state index contributed by atoms with van der Waals surface area (Å²) in [5.74, 6) is 0. The lowest BCUT2D eigenvalue weighted by molar-refractivity contribution is -0.0911. The Hall–Kier alpha value is -1.14. The van der Waals surface area contributed by atoms with Crippen LogP contribution in [-0.2, 0) is 0 Å². The summed E-state index contributed by atoms with van der Waals surface area (Å²) in [6, 6.07) is 0. The molecular formula is C13H21F3N2O. The topological polar surface area (TPSA) is 44.6 Å². The number of halogens is 3. The molecule has 0 rings (SSSR count). The zero-order chi connectivity index (χ0) is 15.3. The monoisotopic (exact) mass is 278 g/mol. The fraction of sp³-hybridized carbons (Fsp3) is 0.615. The predicted octanol–water partition coefficient (Wildman–Crippen LogP) is 2.83. The molecule has 0 amide bonds. The van der Waals surface area contributed by atoms with Crippen molar-refractivity contribution >= 4 is 6.72 Å². The van der Waals surface area contributed by atoms with Crippen LogP contribution in [0.3, 0.4) is 0 Å². The third-order valence-corrected chi connectivity index (χ3v) is 2.33. The molecule has 0 aromatic rings. The second kappa shape index (κ2) is 6.86. The molecule has 0 aliphatic carbocycles. The number of aliphatic hydroxyl groups excluding tert-OH is 1. The number of hydrogen-bond donors (Lipinski definition) is 2. The van der Waals surface area contributed by atoms with E-state index in [1.165, 1.54) is 13.0 Å². The molecule has 0 radical (unpaired) electrons. The molecule has 0 aliphatic rings. The highest BCUT2D eigenvalue weighted by Gasteiger charge is 2.37. The highest BCUT2D eigenvalue weighted by atomic mass is 19.4. The maximum Gasteiger partial charge on any atom is 0.418 e. The molecule has 6 heteroatoms. The average Bonchev–Trinajstić information content (AvgIpc) is 2.24. The predicted molar refractivity (Wildman–Crippen MR) is 71.2 cm³/mol. The molecule has 110 valence electrons. The Kier molecular flexibility index (Phi) is 6.45. The molecule has 0 bridgehead atoms. The second-order valence-electron chi connectivity index (χ2n) is 5.11. The van der Waals surface area contributed by atoms with Gasteiger partial charge in [-0.3, -0.25) is 4.99 Å². The quantitative estimate of drug-likeness (QED) is 0.600. The van der Waals surface area contributed by atoms with Crippen molar-refractivity contribution in [2.45, 2.75) is 45.5 Å². The minimum atomic E-state index is -4.58. The van der Waals surface area contributed by atoms with Crippen molar-refractivity contribution in [3.05, 3.63) is 23.4 Å². The first-order chi connectivity index (χ1) is 8.53. The number of alkyl halides is 3. The van der Waals surface area contributed by atoms with Crippen LogP contribution in [-0.4, -0.2) is 36.2 Å². The molecule has 2 N–H and O–H groups in total. The SMILES string of the molecule is C=N/C=C(\C(=C/C)[C@@H](O)CNC(C)(C)C)C(F)(F)F. The Balaban J connectivity index is 5.10. The number of nitrogens with zero attached hydrogens (tertiary/aromatic N) is 1. The van der Waals surface area contributed by atoms with Gasteiger partial charge in [0.25, 0.3) is 0 Å². The lowest BCUT2D eigenvalue weighted by Crippen LogP contribution is -2.42. The van der Waals surface area contributed by atoms with E-state index in [0.29, 0.717) is 6.20 Å². The van der Waals surface area contributed by atoms with Crippen LogP contribution in [0.1, 0.15) is 27.7 Å². The van der Waals surface area contributed by atoms with E-state index in [2.05, 4.69) is 17.0 Å². The third-order valence-electron chi connectivity index (χ3n) is 2.33. The maximum atomic E-state index is 12.9. The molecule has 3 nitrogen and oxygen atoms in total. The van der Waals surface area contributed by atoms with Crippen molar-refractivity contribution in [3.63, 3.8) is 0 Å². The Labute approximate surface area is 111 Å². The van der Waals surface area contributed by atoms with Crippen molar-refractivity contribution in [3.8, 4) is 0 Å². The summed E-state index contributed by atoms with van der Waals surface area (Å²) >= 11 is 0. The smallest absolute Gasteiger partial charge is 0.387 e. The second-order valence-corrected chi connectivity index (χ2v) is 5.11. The van der Waals surface area contributed by atoms with Crippen molar-refractivity contribution in [1.29, 1.82) is 0 Å². The number of nitrogens with one attached hydrogen (secondary N) is 1. The first-order valence-electron chi connectivity index (χ1n) is 5.85. The van der Waals surface area contributed by atoms with E-state index in [1.54, 1.807) is 0 Å². The number of rotatable bonds is 5. The summed E-state index contributed by atoms with van der Waals surface area (Å²) in [6.45, 7) is 10.1. The molecule has 0 aromatic carbocycles. The molecule has 0 saturated heterocycles. The molecule has 0 saturated carbocycles. The lowest BCUT2D eigenvalue weighted by atomic mass is 9.99. The minimum Gasteiger partial charge on any atom is -0.387 e. The fourth-order valence-corrected chi connectivity index (χ4v) is 1.44. The van der Waals surface area contributed by atoms with Crippen molar-refractivity contribution in [2.24, 2.45) is 4.99 Å². The molecule has 0 unspecified atom stereocenters. The van der Waals surface area contributed by atoms with E-state index in [0.717, 1.165) is 0 Å². The van der Waals surface area contributed by atoms with Gasteiger partial charge in [-0.05, 0) is 40.0 Å². The molecule has 0 aromatic heterocycles. The zero-order valence-corrected chi connectivity index (χ0v) is 11.7. The van der Waals surface area contributed by atoms with E-state index >= 15 is 0 Å².